The van der Waals surface area contributed by atoms with E-state index in [1.54, 1.807) is 57.3 Å². The Labute approximate surface area is 407 Å². The van der Waals surface area contributed by atoms with Gasteiger partial charge in [0.2, 0.25) is 41.4 Å². The fourth-order valence-corrected chi connectivity index (χ4v) is 7.11. The number of hydrogen-bond donors (Lipinski definition) is 14. The maximum absolute atomic E-state index is 14.3. The number of carboxylic acids is 1. The van der Waals surface area contributed by atoms with Gasteiger partial charge in [-0.25, -0.2) is 4.98 Å². The zero-order valence-electron chi connectivity index (χ0n) is 40.3. The molecule has 7 amide bonds. The average Bonchev–Trinajstić information content (AvgIpc) is 3.83. The van der Waals surface area contributed by atoms with Gasteiger partial charge in [-0.05, 0) is 69.4 Å². The van der Waals surface area contributed by atoms with E-state index in [9.17, 15) is 43.5 Å². The normalized spacial score (nSPS) is 14.3. The molecule has 0 fully saturated rings. The largest absolute Gasteiger partial charge is 0.481 e. The molecule has 0 aliphatic heterocycles. The van der Waals surface area contributed by atoms with Crippen LogP contribution in [0.1, 0.15) is 96.2 Å². The molecule has 0 spiro atoms. The Kier molecular flexibility index (Phi) is 26.6. The number of aromatic nitrogens is 2. The summed E-state index contributed by atoms with van der Waals surface area (Å²) >= 11 is 0. The van der Waals surface area contributed by atoms with Gasteiger partial charge in [0.15, 0.2) is 11.9 Å². The van der Waals surface area contributed by atoms with E-state index in [4.69, 9.17) is 34.4 Å². The number of amides is 7. The van der Waals surface area contributed by atoms with Crippen LogP contribution in [0.3, 0.4) is 0 Å². The molecule has 0 aliphatic carbocycles. The molecular formula is C45H74N16O9. The number of unbranched alkanes of at least 4 members (excludes halogenated alkanes) is 1. The fraction of sp³-hybridized carbons (Fsp3) is 0.578. The average molecular weight is 983 g/mol. The maximum atomic E-state index is 14.3. The van der Waals surface area contributed by atoms with Crippen molar-refractivity contribution in [2.75, 3.05) is 19.6 Å². The van der Waals surface area contributed by atoms with Crippen molar-refractivity contribution >= 4 is 59.2 Å². The molecule has 0 saturated carbocycles. The lowest BCUT2D eigenvalue weighted by molar-refractivity contribution is -0.138. The third-order valence-corrected chi connectivity index (χ3v) is 11.3. The second kappa shape index (κ2) is 31.7. The van der Waals surface area contributed by atoms with Crippen molar-refractivity contribution in [2.45, 2.75) is 134 Å². The molecule has 25 nitrogen and oxygen atoms in total. The molecule has 20 N–H and O–H groups in total. The number of nitrogens with zero attached hydrogens (tertiary/aromatic N) is 3. The van der Waals surface area contributed by atoms with Crippen LogP contribution in [-0.2, 0) is 51.2 Å². The molecule has 0 unspecified atom stereocenters. The molecule has 1 heterocycles. The molecule has 0 aliphatic rings. The number of primary amides is 1. The van der Waals surface area contributed by atoms with Crippen molar-refractivity contribution in [1.82, 2.24) is 41.9 Å². The van der Waals surface area contributed by atoms with Crippen LogP contribution in [0.15, 0.2) is 52.8 Å². The molecule has 8 atom stereocenters. The van der Waals surface area contributed by atoms with Gasteiger partial charge in [-0.15, -0.1) is 0 Å². The Morgan fingerprint density at radius 2 is 1.10 bits per heavy atom. The standard InChI is InChI=1S/C45H74N16O9/c1-4-26(2)36(37(47)64)61-42(69)32(16-11-21-54-45(50)51)57-41(68)33(17-18-35(62)63)59-39(66)30(14-8-9-19-46)56-40(67)31(15-10-20-53-44(48)49)58-43(70)34(23-28-12-6-5-7-13-28)60-38(65)27(3)22-29-24-52-25-55-29/h5-7,12-13,24-27,30-34,36H,4,8-11,14-23,46H2,1-3H3,(H2,47,64)(H,52,55)(H,56,67)(H,57,68)(H,58,70)(H,59,66)(H,60,65)(H,61,69)(H,62,63)(H4,48,49,53)(H4,50,51,54)/t26-,27-,30-,31-,32-,33-,34-,36-/m0/s1. The Bertz CT molecular complexity index is 2050. The second-order valence-electron chi connectivity index (χ2n) is 17.1. The molecule has 388 valence electrons. The third kappa shape index (κ3) is 22.7. The Morgan fingerprint density at radius 1 is 0.629 bits per heavy atom. The molecule has 0 radical (unpaired) electrons. The van der Waals surface area contributed by atoms with E-state index in [1.165, 1.54) is 6.33 Å². The number of nitrogens with one attached hydrogen (secondary N) is 7. The Morgan fingerprint density at radius 3 is 1.54 bits per heavy atom. The van der Waals surface area contributed by atoms with Gasteiger partial charge in [-0.3, -0.25) is 48.3 Å². The topological polar surface area (TPSA) is 438 Å². The second-order valence-corrected chi connectivity index (χ2v) is 17.1. The lowest BCUT2D eigenvalue weighted by Gasteiger charge is -2.28. The number of guanidine groups is 2. The number of imidazole rings is 1. The lowest BCUT2D eigenvalue weighted by Crippen LogP contribution is -2.60. The number of rotatable bonds is 34. The number of carbonyl (C=O) groups is 8. The van der Waals surface area contributed by atoms with Gasteiger partial charge in [0.25, 0.3) is 0 Å². The monoisotopic (exact) mass is 983 g/mol. The first kappa shape index (κ1) is 58.8. The van der Waals surface area contributed by atoms with Crippen LogP contribution in [0, 0.1) is 11.8 Å². The summed E-state index contributed by atoms with van der Waals surface area (Å²) < 4.78 is 0. The van der Waals surface area contributed by atoms with E-state index in [1.807, 2.05) is 0 Å². The van der Waals surface area contributed by atoms with Crippen molar-refractivity contribution in [1.29, 1.82) is 0 Å². The van der Waals surface area contributed by atoms with Gasteiger partial charge in [0.1, 0.15) is 36.3 Å². The smallest absolute Gasteiger partial charge is 0.303 e. The fourth-order valence-electron chi connectivity index (χ4n) is 7.11. The van der Waals surface area contributed by atoms with Crippen molar-refractivity contribution in [3.05, 3.63) is 54.1 Å². The van der Waals surface area contributed by atoms with E-state index in [-0.39, 0.29) is 76.0 Å². The Hall–Kier alpha value is -7.31. The molecule has 1 aromatic heterocycles. The van der Waals surface area contributed by atoms with Crippen LogP contribution < -0.4 is 66.3 Å². The van der Waals surface area contributed by atoms with Crippen LogP contribution in [0.2, 0.25) is 0 Å². The minimum atomic E-state index is -1.56. The summed E-state index contributed by atoms with van der Waals surface area (Å²) in [6, 6.07) is 1.13. The summed E-state index contributed by atoms with van der Waals surface area (Å²) in [5, 5.41) is 25.5. The molecule has 0 saturated heterocycles. The maximum Gasteiger partial charge on any atom is 0.303 e. The van der Waals surface area contributed by atoms with Crippen molar-refractivity contribution < 1.29 is 43.5 Å². The lowest BCUT2D eigenvalue weighted by atomic mass is 9.97. The Balaban J connectivity index is 2.47. The van der Waals surface area contributed by atoms with Gasteiger partial charge in [-0.1, -0.05) is 57.5 Å². The molecule has 0 bridgehead atoms. The number of hydrogen-bond acceptors (Lipinski definition) is 12. The van der Waals surface area contributed by atoms with Gasteiger partial charge in [-0.2, -0.15) is 0 Å². The molecular weight excluding hydrogens is 909 g/mol. The number of carbonyl (C=O) groups excluding carboxylic acids is 7. The number of nitrogens with two attached hydrogens (primary N) is 6. The number of carboxylic acid groups (broad SMARTS) is 1. The highest BCUT2D eigenvalue weighted by atomic mass is 16.4. The number of aliphatic carboxylic acids is 1. The van der Waals surface area contributed by atoms with Crippen LogP contribution in [0.25, 0.3) is 0 Å². The summed E-state index contributed by atoms with van der Waals surface area (Å²) in [5.74, 6) is -8.01. The molecule has 1 aromatic carbocycles. The zero-order chi connectivity index (χ0) is 52.2. The van der Waals surface area contributed by atoms with Crippen LogP contribution >= 0.6 is 0 Å². The third-order valence-electron chi connectivity index (χ3n) is 11.3. The van der Waals surface area contributed by atoms with E-state index in [0.717, 1.165) is 5.56 Å². The summed E-state index contributed by atoms with van der Waals surface area (Å²) in [5.41, 5.74) is 34.7. The van der Waals surface area contributed by atoms with Crippen LogP contribution in [0.5, 0.6) is 0 Å². The first-order valence-corrected chi connectivity index (χ1v) is 23.4. The summed E-state index contributed by atoms with van der Waals surface area (Å²) in [6.07, 6.45) is 3.93. The summed E-state index contributed by atoms with van der Waals surface area (Å²) in [7, 11) is 0. The van der Waals surface area contributed by atoms with Gasteiger partial charge < -0.3 is 76.4 Å². The minimum absolute atomic E-state index is 0.00242. The van der Waals surface area contributed by atoms with Crippen LogP contribution in [-0.4, -0.2) is 130 Å². The quantitative estimate of drug-likeness (QED) is 0.0194. The van der Waals surface area contributed by atoms with E-state index in [2.05, 4.69) is 51.9 Å². The molecule has 2 rings (SSSR count). The van der Waals surface area contributed by atoms with Crippen molar-refractivity contribution in [3.63, 3.8) is 0 Å². The van der Waals surface area contributed by atoms with E-state index >= 15 is 0 Å². The molecule has 2 aromatic rings. The number of aliphatic imine (C=N–C) groups is 2. The predicted molar refractivity (Wildman–Crippen MR) is 261 cm³/mol. The number of aromatic amines is 1. The highest BCUT2D eigenvalue weighted by Gasteiger charge is 2.34. The number of H-pyrrole nitrogens is 1. The van der Waals surface area contributed by atoms with Crippen molar-refractivity contribution in [2.24, 2.45) is 56.2 Å². The molecule has 25 heteroatoms. The van der Waals surface area contributed by atoms with E-state index in [0.29, 0.717) is 31.4 Å². The first-order valence-electron chi connectivity index (χ1n) is 23.4. The van der Waals surface area contributed by atoms with Crippen LogP contribution in [0.4, 0.5) is 0 Å². The van der Waals surface area contributed by atoms with Crippen molar-refractivity contribution in [3.8, 4) is 0 Å². The summed E-state index contributed by atoms with van der Waals surface area (Å²) in [6.45, 7) is 5.59. The highest BCUT2D eigenvalue weighted by molar-refractivity contribution is 5.97. The van der Waals surface area contributed by atoms with Gasteiger partial charge in [0.05, 0.1) is 6.33 Å². The zero-order valence-corrected chi connectivity index (χ0v) is 40.3. The SMILES string of the molecule is CC[C@H](C)[C@H](NC(=O)[C@H](CCCN=C(N)N)NC(=O)[C@H](CCC(=O)O)NC(=O)[C@H](CCCCN)NC(=O)[C@H](CCCN=C(N)N)NC(=O)[C@H](Cc1ccccc1)NC(=O)[C@@H](C)Cc1cnc[nH]1)C(N)=O. The van der Waals surface area contributed by atoms with Gasteiger partial charge in [0, 0.05) is 50.2 Å². The summed E-state index contributed by atoms with van der Waals surface area (Å²) in [4.78, 5) is 123. The van der Waals surface area contributed by atoms with Gasteiger partial charge >= 0.3 is 5.97 Å². The van der Waals surface area contributed by atoms with E-state index < -0.39 is 102 Å². The minimum Gasteiger partial charge on any atom is -0.481 e. The highest BCUT2D eigenvalue weighted by Crippen LogP contribution is 2.13. The first-order chi connectivity index (χ1) is 33.2. The number of benzene rings is 1. The predicted octanol–water partition coefficient (Wildman–Crippen LogP) is -2.63. The molecule has 70 heavy (non-hydrogen) atoms.